The Kier molecular flexibility index (Phi) is 6.53. The van der Waals surface area contributed by atoms with Gasteiger partial charge >= 0.3 is 0 Å². The normalized spacial score (nSPS) is 17.4. The minimum absolute atomic E-state index is 0.0765. The lowest BCUT2D eigenvalue weighted by Crippen LogP contribution is -2.34. The molecule has 0 radical (unpaired) electrons. The van der Waals surface area contributed by atoms with Crippen LogP contribution in [-0.2, 0) is 5.41 Å². The van der Waals surface area contributed by atoms with E-state index in [2.05, 4.69) is 192 Å². The first-order valence-electron chi connectivity index (χ1n) is 17.4. The van der Waals surface area contributed by atoms with Gasteiger partial charge < -0.3 is 15.5 Å². The fourth-order valence-electron chi connectivity index (χ4n) is 8.70. The maximum atomic E-state index is 3.61. The molecule has 3 aliphatic heterocycles. The molecule has 6 aromatic carbocycles. The second-order valence-electron chi connectivity index (χ2n) is 13.4. The molecule has 1 aliphatic carbocycles. The van der Waals surface area contributed by atoms with Gasteiger partial charge in [0.25, 0.3) is 0 Å². The number of hydrogen-bond acceptors (Lipinski definition) is 3. The summed E-state index contributed by atoms with van der Waals surface area (Å²) in [5.74, 6) is 0. The van der Waals surface area contributed by atoms with Gasteiger partial charge in [-0.2, -0.15) is 0 Å². The lowest BCUT2D eigenvalue weighted by molar-refractivity contribution is 0.728. The van der Waals surface area contributed by atoms with Crippen molar-refractivity contribution in [2.45, 2.75) is 11.5 Å². The quantitative estimate of drug-likeness (QED) is 0.200. The van der Waals surface area contributed by atoms with Gasteiger partial charge in [0.05, 0.1) is 22.8 Å². The molecule has 0 bridgehead atoms. The summed E-state index contributed by atoms with van der Waals surface area (Å²) in [6.07, 6.45) is 13.0. The van der Waals surface area contributed by atoms with Gasteiger partial charge in [0.1, 0.15) is 0 Å². The number of dihydropyridines is 2. The van der Waals surface area contributed by atoms with Crippen LogP contribution in [0.1, 0.15) is 22.3 Å². The Morgan fingerprint density at radius 2 is 1.18 bits per heavy atom. The standard InChI is InChI=1S/C47H35N3/c1-3-15-33(16-4-1)47(34-17-5-2-6-18-34)42-23-11-9-21-38(42)40-30-46-41(29-43(40)47)37-20-8-7-19-36(37)39-22-10-12-24-45(39)50(46)35-25-27-49-44(28-35)32-14-13-26-48-31-32/h1-30,44,48-49H,31H2. The average molecular weight is 642 g/mol. The number of fused-ring (bicyclic) bond motifs is 8. The number of anilines is 2. The lowest BCUT2D eigenvalue weighted by Gasteiger charge is -2.35. The van der Waals surface area contributed by atoms with Crippen LogP contribution >= 0.6 is 0 Å². The van der Waals surface area contributed by atoms with Gasteiger partial charge in [-0.15, -0.1) is 0 Å². The molecule has 0 fully saturated rings. The van der Waals surface area contributed by atoms with E-state index in [4.69, 9.17) is 0 Å². The summed E-state index contributed by atoms with van der Waals surface area (Å²) in [7, 11) is 0. The lowest BCUT2D eigenvalue weighted by atomic mass is 9.67. The van der Waals surface area contributed by atoms with Crippen LogP contribution in [0, 0.1) is 0 Å². The molecule has 0 spiro atoms. The molecular formula is C47H35N3. The number of para-hydroxylation sites is 1. The predicted molar refractivity (Wildman–Crippen MR) is 206 cm³/mol. The van der Waals surface area contributed by atoms with Gasteiger partial charge in [-0.05, 0) is 98.9 Å². The number of nitrogens with zero attached hydrogens (tertiary/aromatic N) is 1. The van der Waals surface area contributed by atoms with Gasteiger partial charge in [0.15, 0.2) is 0 Å². The highest BCUT2D eigenvalue weighted by Gasteiger charge is 2.47. The van der Waals surface area contributed by atoms with Crippen molar-refractivity contribution in [1.29, 1.82) is 0 Å². The van der Waals surface area contributed by atoms with E-state index in [-0.39, 0.29) is 6.04 Å². The second-order valence-corrected chi connectivity index (χ2v) is 13.4. The molecule has 6 aromatic rings. The maximum absolute atomic E-state index is 3.61. The highest BCUT2D eigenvalue weighted by molar-refractivity contribution is 6.04. The summed E-state index contributed by atoms with van der Waals surface area (Å²) in [6.45, 7) is 0.815. The summed E-state index contributed by atoms with van der Waals surface area (Å²) in [5.41, 5.74) is 17.0. The second kappa shape index (κ2) is 11.4. The van der Waals surface area contributed by atoms with Crippen molar-refractivity contribution in [2.24, 2.45) is 0 Å². The smallest absolute Gasteiger partial charge is 0.0713 e. The Hall–Kier alpha value is -6.32. The molecule has 0 amide bonds. The van der Waals surface area contributed by atoms with Crippen molar-refractivity contribution < 1.29 is 0 Å². The molecule has 1 unspecified atom stereocenters. The molecule has 3 heteroatoms. The molecule has 0 aromatic heterocycles. The summed E-state index contributed by atoms with van der Waals surface area (Å²) in [4.78, 5) is 2.50. The first kappa shape index (κ1) is 28.7. The Morgan fingerprint density at radius 3 is 1.90 bits per heavy atom. The van der Waals surface area contributed by atoms with Gasteiger partial charge in [-0.25, -0.2) is 0 Å². The Bertz CT molecular complexity index is 2380. The third-order valence-corrected chi connectivity index (χ3v) is 10.8. The first-order valence-corrected chi connectivity index (χ1v) is 17.4. The topological polar surface area (TPSA) is 27.3 Å². The van der Waals surface area contributed by atoms with Crippen LogP contribution in [-0.4, -0.2) is 12.6 Å². The molecule has 3 nitrogen and oxygen atoms in total. The maximum Gasteiger partial charge on any atom is 0.0713 e. The van der Waals surface area contributed by atoms with E-state index in [1.165, 1.54) is 72.6 Å². The fraction of sp³-hybridized carbons (Fsp3) is 0.0638. The van der Waals surface area contributed by atoms with Crippen molar-refractivity contribution in [2.75, 3.05) is 11.4 Å². The molecule has 10 rings (SSSR count). The van der Waals surface area contributed by atoms with Crippen LogP contribution in [0.4, 0.5) is 11.4 Å². The fourth-order valence-corrected chi connectivity index (χ4v) is 8.70. The van der Waals surface area contributed by atoms with Gasteiger partial charge in [-0.1, -0.05) is 133 Å². The van der Waals surface area contributed by atoms with Gasteiger partial charge in [0, 0.05) is 23.4 Å². The van der Waals surface area contributed by atoms with E-state index < -0.39 is 5.41 Å². The van der Waals surface area contributed by atoms with E-state index in [9.17, 15) is 0 Å². The zero-order valence-electron chi connectivity index (χ0n) is 27.6. The van der Waals surface area contributed by atoms with Crippen molar-refractivity contribution in [1.82, 2.24) is 10.6 Å². The zero-order chi connectivity index (χ0) is 33.1. The number of benzene rings is 6. The Balaban J connectivity index is 1.31. The highest BCUT2D eigenvalue weighted by atomic mass is 15.2. The van der Waals surface area contributed by atoms with Crippen molar-refractivity contribution >= 4 is 11.4 Å². The minimum Gasteiger partial charge on any atom is -0.387 e. The average Bonchev–Trinajstić information content (AvgIpc) is 3.42. The summed E-state index contributed by atoms with van der Waals surface area (Å²) in [5, 5.41) is 7.01. The molecule has 0 saturated carbocycles. The van der Waals surface area contributed by atoms with E-state index in [1.54, 1.807) is 0 Å². The summed E-state index contributed by atoms with van der Waals surface area (Å²) >= 11 is 0. The van der Waals surface area contributed by atoms with Crippen LogP contribution < -0.4 is 15.5 Å². The minimum atomic E-state index is -0.477. The van der Waals surface area contributed by atoms with Crippen molar-refractivity contribution in [3.63, 3.8) is 0 Å². The van der Waals surface area contributed by atoms with Crippen molar-refractivity contribution in [3.8, 4) is 33.4 Å². The molecule has 2 N–H and O–H groups in total. The third-order valence-electron chi connectivity index (χ3n) is 10.8. The molecule has 3 heterocycles. The highest BCUT2D eigenvalue weighted by Crippen LogP contribution is 2.60. The predicted octanol–water partition coefficient (Wildman–Crippen LogP) is 10.2. The number of hydrogen-bond donors (Lipinski definition) is 2. The number of nitrogens with one attached hydrogen (secondary N) is 2. The van der Waals surface area contributed by atoms with Crippen LogP contribution in [0.25, 0.3) is 33.4 Å². The SMILES string of the molecule is C1=CNCC(C2C=C(N3c4ccccc4-c4ccccc4-c4cc5c(cc43)-c3ccccc3C5(c3ccccc3)c3ccccc3)C=CN2)=C1. The van der Waals surface area contributed by atoms with Crippen molar-refractivity contribution in [3.05, 3.63) is 216 Å². The van der Waals surface area contributed by atoms with E-state index in [0.717, 1.165) is 12.2 Å². The van der Waals surface area contributed by atoms with Gasteiger partial charge in [0.2, 0.25) is 0 Å². The monoisotopic (exact) mass is 641 g/mol. The Labute approximate surface area is 293 Å². The van der Waals surface area contributed by atoms with E-state index in [0.29, 0.717) is 0 Å². The molecular weight excluding hydrogens is 607 g/mol. The number of rotatable bonds is 4. The van der Waals surface area contributed by atoms with Crippen LogP contribution in [0.2, 0.25) is 0 Å². The van der Waals surface area contributed by atoms with E-state index >= 15 is 0 Å². The Morgan fingerprint density at radius 1 is 0.540 bits per heavy atom. The molecule has 50 heavy (non-hydrogen) atoms. The summed E-state index contributed by atoms with van der Waals surface area (Å²) in [6, 6.07) is 54.1. The van der Waals surface area contributed by atoms with Crippen LogP contribution in [0.15, 0.2) is 194 Å². The third kappa shape index (κ3) is 4.17. The van der Waals surface area contributed by atoms with Crippen LogP contribution in [0.3, 0.4) is 0 Å². The summed E-state index contributed by atoms with van der Waals surface area (Å²) < 4.78 is 0. The first-order chi connectivity index (χ1) is 24.8. The van der Waals surface area contributed by atoms with E-state index in [1.807, 2.05) is 6.20 Å². The van der Waals surface area contributed by atoms with Crippen LogP contribution in [0.5, 0.6) is 0 Å². The molecule has 4 aliphatic rings. The number of allylic oxidation sites excluding steroid dienone is 3. The zero-order valence-corrected chi connectivity index (χ0v) is 27.6. The molecule has 0 saturated heterocycles. The van der Waals surface area contributed by atoms with Gasteiger partial charge in [-0.3, -0.25) is 0 Å². The molecule has 1 atom stereocenters. The molecule has 238 valence electrons. The largest absolute Gasteiger partial charge is 0.387 e.